The minimum atomic E-state index is -1.11. The summed E-state index contributed by atoms with van der Waals surface area (Å²) in [5.41, 5.74) is 1.63. The summed E-state index contributed by atoms with van der Waals surface area (Å²) in [6.45, 7) is 0. The normalized spacial score (nSPS) is 11.4. The Balaban J connectivity index is 2.07. The van der Waals surface area contributed by atoms with Gasteiger partial charge in [0.25, 0.3) is 5.91 Å². The first-order chi connectivity index (χ1) is 10.1. The van der Waals surface area contributed by atoms with Crippen LogP contribution in [0.1, 0.15) is 21.6 Å². The maximum Gasteiger partial charge on any atom is 0.326 e. The Labute approximate surface area is 121 Å². The van der Waals surface area contributed by atoms with E-state index in [9.17, 15) is 14.7 Å². The van der Waals surface area contributed by atoms with E-state index in [0.717, 1.165) is 0 Å². The van der Waals surface area contributed by atoms with Crippen LogP contribution in [0.4, 0.5) is 0 Å². The Bertz CT molecular complexity index is 669. The molecule has 1 atom stereocenters. The van der Waals surface area contributed by atoms with Gasteiger partial charge in [-0.25, -0.2) is 9.78 Å². The van der Waals surface area contributed by atoms with Crippen molar-refractivity contribution in [3.05, 3.63) is 53.6 Å². The largest absolute Gasteiger partial charge is 0.480 e. The average molecular weight is 283 g/mol. The minimum Gasteiger partial charge on any atom is -0.480 e. The van der Waals surface area contributed by atoms with Crippen LogP contribution in [0.15, 0.2) is 36.8 Å². The zero-order valence-corrected chi connectivity index (χ0v) is 11.0. The highest BCUT2D eigenvalue weighted by Crippen LogP contribution is 2.05. The number of rotatable bonds is 5. The number of amides is 1. The summed E-state index contributed by atoms with van der Waals surface area (Å²) in [5.74, 6) is 0.865. The minimum absolute atomic E-state index is 0.128. The third-order valence-corrected chi connectivity index (χ3v) is 2.90. The van der Waals surface area contributed by atoms with Gasteiger partial charge in [0, 0.05) is 29.4 Å². The first-order valence-electron chi connectivity index (χ1n) is 6.17. The molecule has 0 aliphatic rings. The zero-order valence-electron chi connectivity index (χ0n) is 11.0. The summed E-state index contributed by atoms with van der Waals surface area (Å²) >= 11 is 0. The standard InChI is InChI=1S/C15H13N3O3/c1-2-10-3-5-11(6-4-10)14(19)18-13(15(20)21)7-12-8-16-9-17-12/h1,3-6,8-9,13H,7H2,(H,16,17)(H,18,19)(H,20,21)/t13-/m1/s1. The molecule has 2 aromatic rings. The summed E-state index contributed by atoms with van der Waals surface area (Å²) in [6.07, 6.45) is 8.33. The van der Waals surface area contributed by atoms with Crippen molar-refractivity contribution in [1.82, 2.24) is 15.3 Å². The van der Waals surface area contributed by atoms with E-state index in [1.807, 2.05) is 0 Å². The fraction of sp³-hybridized carbons (Fsp3) is 0.133. The average Bonchev–Trinajstić information content (AvgIpc) is 2.99. The number of nitrogens with zero attached hydrogens (tertiary/aromatic N) is 1. The highest BCUT2D eigenvalue weighted by molar-refractivity contribution is 5.96. The fourth-order valence-corrected chi connectivity index (χ4v) is 1.78. The molecule has 0 saturated heterocycles. The Morgan fingerprint density at radius 1 is 1.38 bits per heavy atom. The van der Waals surface area contributed by atoms with E-state index in [-0.39, 0.29) is 6.42 Å². The predicted octanol–water partition coefficient (Wildman–Crippen LogP) is 0.817. The molecule has 6 nitrogen and oxygen atoms in total. The van der Waals surface area contributed by atoms with Crippen LogP contribution in [-0.2, 0) is 11.2 Å². The van der Waals surface area contributed by atoms with Crippen molar-refractivity contribution in [1.29, 1.82) is 0 Å². The van der Waals surface area contributed by atoms with Gasteiger partial charge in [0.05, 0.1) is 6.33 Å². The van der Waals surface area contributed by atoms with Gasteiger partial charge in [-0.1, -0.05) is 5.92 Å². The number of aliphatic carboxylic acids is 1. The summed E-state index contributed by atoms with van der Waals surface area (Å²) < 4.78 is 0. The van der Waals surface area contributed by atoms with E-state index in [2.05, 4.69) is 21.2 Å². The lowest BCUT2D eigenvalue weighted by Crippen LogP contribution is -2.42. The van der Waals surface area contributed by atoms with Gasteiger partial charge in [-0.05, 0) is 24.3 Å². The van der Waals surface area contributed by atoms with E-state index in [1.165, 1.54) is 12.5 Å². The van der Waals surface area contributed by atoms with Gasteiger partial charge in [0.2, 0.25) is 0 Å². The molecule has 2 rings (SSSR count). The molecule has 0 aliphatic carbocycles. The van der Waals surface area contributed by atoms with Gasteiger partial charge >= 0.3 is 5.97 Å². The predicted molar refractivity (Wildman–Crippen MR) is 75.6 cm³/mol. The molecule has 1 aromatic heterocycles. The first-order valence-corrected chi connectivity index (χ1v) is 6.17. The lowest BCUT2D eigenvalue weighted by atomic mass is 10.1. The summed E-state index contributed by atoms with van der Waals surface area (Å²) in [4.78, 5) is 29.9. The Kier molecular flexibility index (Phi) is 4.36. The molecule has 1 heterocycles. The monoisotopic (exact) mass is 283 g/mol. The Morgan fingerprint density at radius 3 is 2.62 bits per heavy atom. The zero-order chi connectivity index (χ0) is 15.2. The topological polar surface area (TPSA) is 95.1 Å². The Morgan fingerprint density at radius 2 is 2.10 bits per heavy atom. The van der Waals surface area contributed by atoms with E-state index in [0.29, 0.717) is 16.8 Å². The second-order valence-electron chi connectivity index (χ2n) is 4.37. The molecule has 0 unspecified atom stereocenters. The number of aromatic amines is 1. The lowest BCUT2D eigenvalue weighted by molar-refractivity contribution is -0.139. The molecule has 1 aromatic carbocycles. The molecule has 106 valence electrons. The quantitative estimate of drug-likeness (QED) is 0.708. The molecule has 0 aliphatic heterocycles. The summed E-state index contributed by atoms with van der Waals surface area (Å²) in [7, 11) is 0. The van der Waals surface area contributed by atoms with Crippen LogP contribution in [-0.4, -0.2) is 33.0 Å². The van der Waals surface area contributed by atoms with Crippen molar-refractivity contribution in [2.75, 3.05) is 0 Å². The smallest absolute Gasteiger partial charge is 0.326 e. The number of carboxylic acid groups (broad SMARTS) is 1. The number of carbonyl (C=O) groups is 2. The molecule has 0 spiro atoms. The second kappa shape index (κ2) is 6.39. The van der Waals surface area contributed by atoms with Gasteiger partial charge in [-0.3, -0.25) is 4.79 Å². The number of benzene rings is 1. The van der Waals surface area contributed by atoms with Crippen molar-refractivity contribution in [3.63, 3.8) is 0 Å². The molecule has 6 heteroatoms. The van der Waals surface area contributed by atoms with Gasteiger partial charge in [-0.2, -0.15) is 0 Å². The molecule has 21 heavy (non-hydrogen) atoms. The van der Waals surface area contributed by atoms with Gasteiger partial charge < -0.3 is 15.4 Å². The van der Waals surface area contributed by atoms with E-state index >= 15 is 0 Å². The number of terminal acetylenes is 1. The molecule has 0 bridgehead atoms. The van der Waals surface area contributed by atoms with E-state index < -0.39 is 17.9 Å². The van der Waals surface area contributed by atoms with Gasteiger partial charge in [0.1, 0.15) is 6.04 Å². The third kappa shape index (κ3) is 3.70. The summed E-state index contributed by atoms with van der Waals surface area (Å²) in [5, 5.41) is 11.6. The number of imidazole rings is 1. The van der Waals surface area contributed by atoms with E-state index in [4.69, 9.17) is 6.42 Å². The molecular weight excluding hydrogens is 270 g/mol. The number of nitrogens with one attached hydrogen (secondary N) is 2. The van der Waals surface area contributed by atoms with Crippen LogP contribution in [0.25, 0.3) is 0 Å². The number of aromatic nitrogens is 2. The van der Waals surface area contributed by atoms with Crippen molar-refractivity contribution in [2.45, 2.75) is 12.5 Å². The number of hydrogen-bond acceptors (Lipinski definition) is 3. The van der Waals surface area contributed by atoms with Crippen LogP contribution in [0.3, 0.4) is 0 Å². The van der Waals surface area contributed by atoms with E-state index in [1.54, 1.807) is 24.3 Å². The van der Waals surface area contributed by atoms with Gasteiger partial charge in [-0.15, -0.1) is 6.42 Å². The number of H-pyrrole nitrogens is 1. The molecule has 1 amide bonds. The van der Waals surface area contributed by atoms with Crippen LogP contribution < -0.4 is 5.32 Å². The number of carboxylic acids is 1. The molecule has 0 saturated carbocycles. The van der Waals surface area contributed by atoms with Crippen molar-refractivity contribution >= 4 is 11.9 Å². The molecular formula is C15H13N3O3. The second-order valence-corrected chi connectivity index (χ2v) is 4.37. The van der Waals surface area contributed by atoms with Crippen molar-refractivity contribution < 1.29 is 14.7 Å². The number of carbonyl (C=O) groups excluding carboxylic acids is 1. The highest BCUT2D eigenvalue weighted by Gasteiger charge is 2.21. The maximum atomic E-state index is 12.0. The van der Waals surface area contributed by atoms with Crippen LogP contribution in [0.2, 0.25) is 0 Å². The van der Waals surface area contributed by atoms with Gasteiger partial charge in [0.15, 0.2) is 0 Å². The maximum absolute atomic E-state index is 12.0. The third-order valence-electron chi connectivity index (χ3n) is 2.90. The van der Waals surface area contributed by atoms with Crippen LogP contribution in [0, 0.1) is 12.3 Å². The fourth-order valence-electron chi connectivity index (χ4n) is 1.78. The molecule has 3 N–H and O–H groups in total. The molecule has 0 radical (unpaired) electrons. The van der Waals surface area contributed by atoms with Crippen LogP contribution >= 0.6 is 0 Å². The highest BCUT2D eigenvalue weighted by atomic mass is 16.4. The SMILES string of the molecule is C#Cc1ccc(C(=O)N[C@H](Cc2cnc[nH]2)C(=O)O)cc1. The van der Waals surface area contributed by atoms with Crippen molar-refractivity contribution in [2.24, 2.45) is 0 Å². The van der Waals surface area contributed by atoms with Crippen LogP contribution in [0.5, 0.6) is 0 Å². The molecule has 0 fully saturated rings. The lowest BCUT2D eigenvalue weighted by Gasteiger charge is -2.13. The first kappa shape index (κ1) is 14.3. The Hall–Kier alpha value is -3.07. The number of hydrogen-bond donors (Lipinski definition) is 3. The van der Waals surface area contributed by atoms with Crippen molar-refractivity contribution in [3.8, 4) is 12.3 Å². The summed E-state index contributed by atoms with van der Waals surface area (Å²) in [6, 6.07) is 5.32.